The molecule has 36 heavy (non-hydrogen) atoms. The Bertz CT molecular complexity index is 1460. The Morgan fingerprint density at radius 2 is 2.03 bits per heavy atom. The molecule has 0 fully saturated rings. The average molecular weight is 495 g/mol. The van der Waals surface area contributed by atoms with Crippen molar-refractivity contribution in [1.29, 1.82) is 0 Å². The van der Waals surface area contributed by atoms with Crippen molar-refractivity contribution in [2.45, 2.75) is 12.5 Å². The maximum absolute atomic E-state index is 12.6. The Morgan fingerprint density at radius 3 is 2.81 bits per heavy atom. The molecule has 0 radical (unpaired) electrons. The zero-order chi connectivity index (χ0) is 25.4. The Kier molecular flexibility index (Phi) is 6.15. The van der Waals surface area contributed by atoms with Crippen molar-refractivity contribution in [2.24, 2.45) is 4.99 Å². The molecule has 0 amide bonds. The molecule has 11 heteroatoms. The van der Waals surface area contributed by atoms with E-state index in [9.17, 15) is 14.7 Å². The quantitative estimate of drug-likeness (QED) is 0.495. The van der Waals surface area contributed by atoms with E-state index >= 15 is 0 Å². The topological polar surface area (TPSA) is 128 Å². The molecule has 11 nitrogen and oxygen atoms in total. The van der Waals surface area contributed by atoms with Crippen LogP contribution in [0.2, 0.25) is 0 Å². The molecule has 0 saturated heterocycles. The summed E-state index contributed by atoms with van der Waals surface area (Å²) in [5, 5.41) is 10.9. The molecule has 3 aromatic rings. The molecule has 3 heterocycles. The maximum atomic E-state index is 12.6. The van der Waals surface area contributed by atoms with E-state index in [0.717, 1.165) is 28.7 Å². The van der Waals surface area contributed by atoms with Crippen LogP contribution >= 0.6 is 0 Å². The summed E-state index contributed by atoms with van der Waals surface area (Å²) in [6.07, 6.45) is 2.09. The van der Waals surface area contributed by atoms with E-state index in [-0.39, 0.29) is 30.6 Å². The number of aromatic nitrogens is 2. The summed E-state index contributed by atoms with van der Waals surface area (Å²) in [4.78, 5) is 34.0. The average Bonchev–Trinajstić information content (AvgIpc) is 3.34. The molecule has 2 N–H and O–H groups in total. The maximum Gasteiger partial charge on any atom is 0.335 e. The molecular weight excluding hydrogens is 468 g/mol. The van der Waals surface area contributed by atoms with Crippen LogP contribution in [0.5, 0.6) is 28.9 Å². The van der Waals surface area contributed by atoms with Gasteiger partial charge in [0.1, 0.15) is 11.3 Å². The summed E-state index contributed by atoms with van der Waals surface area (Å²) in [6, 6.07) is 8.48. The number of aromatic hydroxyl groups is 1. The largest absolute Gasteiger partial charge is 0.495 e. The van der Waals surface area contributed by atoms with Crippen molar-refractivity contribution in [3.05, 3.63) is 67.9 Å². The molecule has 1 atom stereocenters. The smallest absolute Gasteiger partial charge is 0.335 e. The number of aromatic amines is 1. The first-order valence-electron chi connectivity index (χ1n) is 11.4. The molecule has 5 rings (SSSR count). The summed E-state index contributed by atoms with van der Waals surface area (Å²) in [5.74, 6) is 1.66. The van der Waals surface area contributed by atoms with E-state index < -0.39 is 17.1 Å². The number of hydrogen-bond donors (Lipinski definition) is 2. The van der Waals surface area contributed by atoms with Crippen molar-refractivity contribution >= 4 is 6.21 Å². The van der Waals surface area contributed by atoms with Gasteiger partial charge in [0.25, 0.3) is 5.56 Å². The zero-order valence-corrected chi connectivity index (χ0v) is 20.1. The fraction of sp³-hybridized carbons (Fsp3) is 0.320. The standard InChI is InChI=1S/C25H26N4O7/c1-28-9-8-14-10-19-21(36-13-35-19)22(34-3)20(14)17(28)12-26-11-15-23(30)27-25(32)29(24(15)31)16-6-4-5-7-18(16)33-2/h4-7,10-11,17,31H,8-9,12-13H2,1-3H3,(H,27,30,32)/t17-/m0/s1. The first kappa shape index (κ1) is 23.5. The second-order valence-electron chi connectivity index (χ2n) is 8.46. The number of methoxy groups -OCH3 is 2. The first-order chi connectivity index (χ1) is 17.4. The summed E-state index contributed by atoms with van der Waals surface area (Å²) >= 11 is 0. The Balaban J connectivity index is 1.52. The normalized spacial score (nSPS) is 16.8. The number of nitrogens with zero attached hydrogens (tertiary/aromatic N) is 3. The van der Waals surface area contributed by atoms with Crippen molar-refractivity contribution in [3.8, 4) is 34.6 Å². The predicted octanol–water partition coefficient (Wildman–Crippen LogP) is 1.63. The van der Waals surface area contributed by atoms with Gasteiger partial charge in [-0.25, -0.2) is 9.36 Å². The van der Waals surface area contributed by atoms with Gasteiger partial charge >= 0.3 is 5.69 Å². The second kappa shape index (κ2) is 9.42. The van der Waals surface area contributed by atoms with Gasteiger partial charge in [0.2, 0.25) is 18.4 Å². The molecule has 1 aromatic heterocycles. The van der Waals surface area contributed by atoms with Crippen LogP contribution in [0.4, 0.5) is 0 Å². The molecule has 0 spiro atoms. The Hall–Kier alpha value is -4.25. The summed E-state index contributed by atoms with van der Waals surface area (Å²) in [6.45, 7) is 1.20. The number of hydrogen-bond acceptors (Lipinski definition) is 9. The number of fused-ring (bicyclic) bond motifs is 2. The number of H-pyrrole nitrogens is 1. The van der Waals surface area contributed by atoms with E-state index in [1.54, 1.807) is 31.4 Å². The van der Waals surface area contributed by atoms with Gasteiger partial charge in [-0.05, 0) is 37.2 Å². The molecule has 2 aliphatic rings. The van der Waals surface area contributed by atoms with E-state index in [1.807, 2.05) is 13.1 Å². The molecule has 2 aromatic carbocycles. The minimum Gasteiger partial charge on any atom is -0.495 e. The predicted molar refractivity (Wildman–Crippen MR) is 132 cm³/mol. The van der Waals surface area contributed by atoms with Gasteiger partial charge in [-0.15, -0.1) is 0 Å². The molecule has 0 unspecified atom stereocenters. The van der Waals surface area contributed by atoms with E-state index in [0.29, 0.717) is 23.0 Å². The van der Waals surface area contributed by atoms with Crippen molar-refractivity contribution in [3.63, 3.8) is 0 Å². The van der Waals surface area contributed by atoms with Crippen LogP contribution in [0.25, 0.3) is 5.69 Å². The monoisotopic (exact) mass is 494 g/mol. The lowest BCUT2D eigenvalue weighted by molar-refractivity contribution is 0.170. The number of aliphatic imine (C=N–C) groups is 1. The van der Waals surface area contributed by atoms with Crippen molar-refractivity contribution < 1.29 is 24.1 Å². The van der Waals surface area contributed by atoms with Crippen LogP contribution in [-0.4, -0.2) is 66.9 Å². The zero-order valence-electron chi connectivity index (χ0n) is 20.1. The molecule has 0 aliphatic carbocycles. The lowest BCUT2D eigenvalue weighted by atomic mass is 9.91. The number of ether oxygens (including phenoxy) is 4. The van der Waals surface area contributed by atoms with Crippen LogP contribution in [-0.2, 0) is 6.42 Å². The Labute approximate surface area is 206 Å². The number of para-hydroxylation sites is 2. The van der Waals surface area contributed by atoms with Crippen molar-refractivity contribution in [1.82, 2.24) is 14.5 Å². The third-order valence-corrected chi connectivity index (χ3v) is 6.49. The van der Waals surface area contributed by atoms with Gasteiger partial charge in [-0.1, -0.05) is 12.1 Å². The lowest BCUT2D eigenvalue weighted by Gasteiger charge is -2.35. The van der Waals surface area contributed by atoms with Gasteiger partial charge in [-0.2, -0.15) is 0 Å². The molecular formula is C25H26N4O7. The molecule has 2 aliphatic heterocycles. The van der Waals surface area contributed by atoms with E-state index in [2.05, 4.69) is 14.9 Å². The lowest BCUT2D eigenvalue weighted by Crippen LogP contribution is -2.34. The second-order valence-corrected chi connectivity index (χ2v) is 8.46. The minimum absolute atomic E-state index is 0.136. The highest BCUT2D eigenvalue weighted by Crippen LogP contribution is 2.49. The minimum atomic E-state index is -0.791. The summed E-state index contributed by atoms with van der Waals surface area (Å²) in [7, 11) is 5.03. The highest BCUT2D eigenvalue weighted by molar-refractivity contribution is 5.82. The van der Waals surface area contributed by atoms with Gasteiger partial charge < -0.3 is 24.1 Å². The van der Waals surface area contributed by atoms with Crippen LogP contribution < -0.4 is 30.2 Å². The highest BCUT2D eigenvalue weighted by atomic mass is 16.7. The SMILES string of the molecule is COc1ccccc1-n1c(O)c(C=NC[C@H]2c3c(cc4c(c3OC)OCO4)CCN2C)c(=O)[nH]c1=O. The first-order valence-corrected chi connectivity index (χ1v) is 11.4. The molecule has 0 saturated carbocycles. The number of likely N-dealkylation sites (N-methyl/N-ethyl adjacent to an activating group) is 1. The fourth-order valence-corrected chi connectivity index (χ4v) is 4.69. The Morgan fingerprint density at radius 1 is 1.22 bits per heavy atom. The van der Waals surface area contributed by atoms with Gasteiger partial charge in [-0.3, -0.25) is 19.7 Å². The highest BCUT2D eigenvalue weighted by Gasteiger charge is 2.33. The summed E-state index contributed by atoms with van der Waals surface area (Å²) < 4.78 is 23.2. The summed E-state index contributed by atoms with van der Waals surface area (Å²) in [5.41, 5.74) is 0.642. The third kappa shape index (κ3) is 3.87. The molecule has 188 valence electrons. The van der Waals surface area contributed by atoms with Crippen molar-refractivity contribution in [2.75, 3.05) is 41.1 Å². The number of rotatable bonds is 6. The number of benzene rings is 2. The van der Waals surface area contributed by atoms with E-state index in [4.69, 9.17) is 18.9 Å². The van der Waals surface area contributed by atoms with Crippen LogP contribution in [0.1, 0.15) is 22.7 Å². The number of nitrogens with one attached hydrogen (secondary N) is 1. The molecule has 0 bridgehead atoms. The van der Waals surface area contributed by atoms with Gasteiger partial charge in [0.05, 0.1) is 32.5 Å². The van der Waals surface area contributed by atoms with Gasteiger partial charge in [0, 0.05) is 18.3 Å². The third-order valence-electron chi connectivity index (χ3n) is 6.49. The van der Waals surface area contributed by atoms with Crippen LogP contribution in [0.15, 0.2) is 44.9 Å². The van der Waals surface area contributed by atoms with Crippen LogP contribution in [0, 0.1) is 0 Å². The fourth-order valence-electron chi connectivity index (χ4n) is 4.69. The van der Waals surface area contributed by atoms with Crippen LogP contribution in [0.3, 0.4) is 0 Å². The van der Waals surface area contributed by atoms with E-state index in [1.165, 1.54) is 13.3 Å². The van der Waals surface area contributed by atoms with Gasteiger partial charge in [0.15, 0.2) is 11.5 Å².